The van der Waals surface area contributed by atoms with Crippen LogP contribution in [0.25, 0.3) is 0 Å². The standard InChI is InChI=1S/C10H23NO/c1-6-11-9(8-12-7-2)10(3,4)5/h9,11H,6-8H2,1-5H3. The van der Waals surface area contributed by atoms with Crippen LogP contribution in [0, 0.1) is 5.41 Å². The second-order valence-corrected chi connectivity index (χ2v) is 4.14. The Hall–Kier alpha value is -0.0800. The van der Waals surface area contributed by atoms with Crippen molar-refractivity contribution in [2.75, 3.05) is 19.8 Å². The minimum absolute atomic E-state index is 0.283. The van der Waals surface area contributed by atoms with Crippen LogP contribution >= 0.6 is 0 Å². The van der Waals surface area contributed by atoms with E-state index in [1.165, 1.54) is 0 Å². The van der Waals surface area contributed by atoms with Gasteiger partial charge in [-0.05, 0) is 18.9 Å². The summed E-state index contributed by atoms with van der Waals surface area (Å²) in [4.78, 5) is 0. The first-order chi connectivity index (χ1) is 5.52. The Balaban J connectivity index is 3.86. The number of nitrogens with one attached hydrogen (secondary N) is 1. The van der Waals surface area contributed by atoms with Gasteiger partial charge in [0.2, 0.25) is 0 Å². The summed E-state index contributed by atoms with van der Waals surface area (Å²) in [6, 6.07) is 0.461. The first kappa shape index (κ1) is 11.9. The lowest BCUT2D eigenvalue weighted by atomic mass is 9.87. The third kappa shape index (κ3) is 4.73. The number of hydrogen-bond acceptors (Lipinski definition) is 2. The highest BCUT2D eigenvalue weighted by Gasteiger charge is 2.23. The van der Waals surface area contributed by atoms with Crippen LogP contribution in [-0.4, -0.2) is 25.8 Å². The van der Waals surface area contributed by atoms with Crippen molar-refractivity contribution < 1.29 is 4.74 Å². The van der Waals surface area contributed by atoms with Gasteiger partial charge in [-0.2, -0.15) is 0 Å². The molecule has 1 N–H and O–H groups in total. The fraction of sp³-hybridized carbons (Fsp3) is 1.00. The fourth-order valence-electron chi connectivity index (χ4n) is 1.10. The number of likely N-dealkylation sites (N-methyl/N-ethyl adjacent to an activating group) is 1. The van der Waals surface area contributed by atoms with E-state index in [0.29, 0.717) is 6.04 Å². The normalized spacial score (nSPS) is 14.8. The maximum atomic E-state index is 5.41. The third-order valence-corrected chi connectivity index (χ3v) is 1.98. The van der Waals surface area contributed by atoms with Crippen molar-refractivity contribution in [3.63, 3.8) is 0 Å². The lowest BCUT2D eigenvalue weighted by Crippen LogP contribution is -2.43. The van der Waals surface area contributed by atoms with E-state index < -0.39 is 0 Å². The lowest BCUT2D eigenvalue weighted by molar-refractivity contribution is 0.0845. The third-order valence-electron chi connectivity index (χ3n) is 1.98. The molecule has 0 saturated carbocycles. The molecule has 2 nitrogen and oxygen atoms in total. The van der Waals surface area contributed by atoms with E-state index in [1.54, 1.807) is 0 Å². The highest BCUT2D eigenvalue weighted by Crippen LogP contribution is 2.19. The lowest BCUT2D eigenvalue weighted by Gasteiger charge is -2.31. The van der Waals surface area contributed by atoms with E-state index in [-0.39, 0.29) is 5.41 Å². The molecule has 2 heteroatoms. The summed E-state index contributed by atoms with van der Waals surface area (Å²) in [6.07, 6.45) is 0. The molecule has 0 spiro atoms. The predicted molar refractivity (Wildman–Crippen MR) is 53.4 cm³/mol. The van der Waals surface area contributed by atoms with E-state index in [2.05, 4.69) is 33.0 Å². The zero-order valence-electron chi connectivity index (χ0n) is 9.11. The summed E-state index contributed by atoms with van der Waals surface area (Å²) < 4.78 is 5.41. The van der Waals surface area contributed by atoms with Crippen molar-refractivity contribution in [2.24, 2.45) is 5.41 Å². The molecule has 1 atom stereocenters. The summed E-state index contributed by atoms with van der Waals surface area (Å²) >= 11 is 0. The molecule has 0 aromatic carbocycles. The number of hydrogen-bond donors (Lipinski definition) is 1. The summed E-state index contributed by atoms with van der Waals surface area (Å²) in [5.41, 5.74) is 0.283. The van der Waals surface area contributed by atoms with Gasteiger partial charge in [0.1, 0.15) is 0 Å². The van der Waals surface area contributed by atoms with Gasteiger partial charge in [-0.25, -0.2) is 0 Å². The molecular weight excluding hydrogens is 150 g/mol. The van der Waals surface area contributed by atoms with Gasteiger partial charge in [-0.3, -0.25) is 0 Å². The van der Waals surface area contributed by atoms with Gasteiger partial charge in [0, 0.05) is 12.6 Å². The Bertz CT molecular complexity index is 107. The average Bonchev–Trinajstić information content (AvgIpc) is 1.95. The van der Waals surface area contributed by atoms with Crippen molar-refractivity contribution in [1.82, 2.24) is 5.32 Å². The van der Waals surface area contributed by atoms with Gasteiger partial charge in [-0.1, -0.05) is 27.7 Å². The van der Waals surface area contributed by atoms with Crippen molar-refractivity contribution in [1.29, 1.82) is 0 Å². The second kappa shape index (κ2) is 5.55. The molecule has 12 heavy (non-hydrogen) atoms. The first-order valence-corrected chi connectivity index (χ1v) is 4.83. The molecule has 0 amide bonds. The van der Waals surface area contributed by atoms with E-state index in [0.717, 1.165) is 19.8 Å². The topological polar surface area (TPSA) is 21.3 Å². The molecule has 0 fully saturated rings. The highest BCUT2D eigenvalue weighted by molar-refractivity contribution is 4.79. The van der Waals surface area contributed by atoms with E-state index in [4.69, 9.17) is 4.74 Å². The molecule has 0 saturated heterocycles. The van der Waals surface area contributed by atoms with Crippen LogP contribution in [0.3, 0.4) is 0 Å². The van der Waals surface area contributed by atoms with Crippen molar-refractivity contribution >= 4 is 0 Å². The predicted octanol–water partition coefficient (Wildman–Crippen LogP) is 2.05. The zero-order valence-corrected chi connectivity index (χ0v) is 9.11. The minimum atomic E-state index is 0.283. The number of ether oxygens (including phenoxy) is 1. The van der Waals surface area contributed by atoms with Crippen LogP contribution in [0.2, 0.25) is 0 Å². The van der Waals surface area contributed by atoms with Gasteiger partial charge in [-0.15, -0.1) is 0 Å². The Morgan fingerprint density at radius 1 is 1.25 bits per heavy atom. The molecule has 0 aromatic heterocycles. The second-order valence-electron chi connectivity index (χ2n) is 4.14. The molecule has 0 bridgehead atoms. The average molecular weight is 173 g/mol. The van der Waals surface area contributed by atoms with Gasteiger partial charge in [0.05, 0.1) is 6.61 Å². The molecule has 0 radical (unpaired) electrons. The van der Waals surface area contributed by atoms with Crippen molar-refractivity contribution in [3.8, 4) is 0 Å². The summed E-state index contributed by atoms with van der Waals surface area (Å²) in [5, 5.41) is 3.43. The van der Waals surface area contributed by atoms with Crippen molar-refractivity contribution in [3.05, 3.63) is 0 Å². The van der Waals surface area contributed by atoms with Crippen molar-refractivity contribution in [2.45, 2.75) is 40.7 Å². The largest absolute Gasteiger partial charge is 0.380 e. The molecule has 1 unspecified atom stereocenters. The Kier molecular flexibility index (Phi) is 5.51. The maximum absolute atomic E-state index is 5.41. The molecule has 74 valence electrons. The zero-order chi connectivity index (χ0) is 9.61. The van der Waals surface area contributed by atoms with Crippen LogP contribution < -0.4 is 5.32 Å². The fourth-order valence-corrected chi connectivity index (χ4v) is 1.10. The van der Waals surface area contributed by atoms with Gasteiger partial charge in [0.15, 0.2) is 0 Å². The summed E-state index contributed by atoms with van der Waals surface area (Å²) in [5.74, 6) is 0. The van der Waals surface area contributed by atoms with Crippen LogP contribution in [0.15, 0.2) is 0 Å². The summed E-state index contributed by atoms with van der Waals surface area (Å²) in [7, 11) is 0. The monoisotopic (exact) mass is 173 g/mol. The van der Waals surface area contributed by atoms with E-state index in [1.807, 2.05) is 6.92 Å². The molecule has 0 aliphatic carbocycles. The van der Waals surface area contributed by atoms with Crippen LogP contribution in [0.4, 0.5) is 0 Å². The molecular formula is C10H23NO. The smallest absolute Gasteiger partial charge is 0.0624 e. The Morgan fingerprint density at radius 3 is 2.17 bits per heavy atom. The van der Waals surface area contributed by atoms with Gasteiger partial charge in [0.25, 0.3) is 0 Å². The Labute approximate surface area is 76.7 Å². The van der Waals surface area contributed by atoms with Crippen LogP contribution in [-0.2, 0) is 4.74 Å². The highest BCUT2D eigenvalue weighted by atomic mass is 16.5. The van der Waals surface area contributed by atoms with Crippen LogP contribution in [0.5, 0.6) is 0 Å². The van der Waals surface area contributed by atoms with Crippen LogP contribution in [0.1, 0.15) is 34.6 Å². The maximum Gasteiger partial charge on any atom is 0.0624 e. The molecule has 0 rings (SSSR count). The number of rotatable bonds is 5. The first-order valence-electron chi connectivity index (χ1n) is 4.83. The SMILES string of the molecule is CCNC(COCC)C(C)(C)C. The Morgan fingerprint density at radius 2 is 1.83 bits per heavy atom. The van der Waals surface area contributed by atoms with Gasteiger partial charge < -0.3 is 10.1 Å². The minimum Gasteiger partial charge on any atom is -0.380 e. The molecule has 0 aliphatic heterocycles. The quantitative estimate of drug-likeness (QED) is 0.687. The summed E-state index contributed by atoms with van der Waals surface area (Å²) in [6.45, 7) is 13.5. The molecule has 0 aromatic rings. The molecule has 0 aliphatic rings. The van der Waals surface area contributed by atoms with Gasteiger partial charge >= 0.3 is 0 Å². The van der Waals surface area contributed by atoms with E-state index in [9.17, 15) is 0 Å². The van der Waals surface area contributed by atoms with E-state index >= 15 is 0 Å². The molecule has 0 heterocycles.